The van der Waals surface area contributed by atoms with E-state index in [1.165, 1.54) is 45.1 Å². The van der Waals surface area contributed by atoms with Crippen molar-refractivity contribution in [3.63, 3.8) is 0 Å². The van der Waals surface area contributed by atoms with Gasteiger partial charge in [0.15, 0.2) is 0 Å². The van der Waals surface area contributed by atoms with E-state index in [0.29, 0.717) is 11.6 Å². The second-order valence-corrected chi connectivity index (χ2v) is 7.20. The van der Waals surface area contributed by atoms with Gasteiger partial charge in [-0.25, -0.2) is 0 Å². The van der Waals surface area contributed by atoms with E-state index in [4.69, 9.17) is 0 Å². The Bertz CT molecular complexity index is 258. The molecule has 1 fully saturated rings. The van der Waals surface area contributed by atoms with Crippen LogP contribution >= 0.6 is 0 Å². The van der Waals surface area contributed by atoms with Crippen LogP contribution in [0.5, 0.6) is 0 Å². The van der Waals surface area contributed by atoms with Gasteiger partial charge in [0.2, 0.25) is 0 Å². The van der Waals surface area contributed by atoms with E-state index in [1.807, 2.05) is 0 Å². The van der Waals surface area contributed by atoms with Crippen molar-refractivity contribution in [3.8, 4) is 0 Å². The van der Waals surface area contributed by atoms with Crippen molar-refractivity contribution in [1.82, 2.24) is 10.2 Å². The average molecular weight is 283 g/mol. The number of nitrogens with zero attached hydrogens (tertiary/aromatic N) is 1. The lowest BCUT2D eigenvalue weighted by Gasteiger charge is -2.51. The summed E-state index contributed by atoms with van der Waals surface area (Å²) >= 11 is 0. The van der Waals surface area contributed by atoms with Crippen LogP contribution in [0.25, 0.3) is 0 Å². The Kier molecular flexibility index (Phi) is 7.53. The topological polar surface area (TPSA) is 15.3 Å². The maximum absolute atomic E-state index is 3.87. The van der Waals surface area contributed by atoms with Crippen molar-refractivity contribution in [2.45, 2.75) is 97.7 Å². The minimum atomic E-state index is 0.352. The number of piperazine rings is 1. The van der Waals surface area contributed by atoms with Gasteiger partial charge in [-0.3, -0.25) is 4.90 Å². The Balaban J connectivity index is 2.72. The second-order valence-electron chi connectivity index (χ2n) is 7.20. The van der Waals surface area contributed by atoms with Crippen molar-refractivity contribution < 1.29 is 0 Å². The molecule has 1 N–H and O–H groups in total. The number of hydrogen-bond acceptors (Lipinski definition) is 2. The smallest absolute Gasteiger partial charge is 0.0304 e. The molecule has 120 valence electrons. The normalized spacial score (nSPS) is 25.1. The molecule has 0 aromatic carbocycles. The first-order chi connectivity index (χ1) is 9.49. The molecule has 20 heavy (non-hydrogen) atoms. The van der Waals surface area contributed by atoms with Gasteiger partial charge in [0, 0.05) is 30.7 Å². The lowest BCUT2D eigenvalue weighted by atomic mass is 9.85. The molecule has 1 heterocycles. The molecule has 0 spiro atoms. The molecule has 0 saturated carbocycles. The van der Waals surface area contributed by atoms with Crippen LogP contribution in [0.4, 0.5) is 0 Å². The summed E-state index contributed by atoms with van der Waals surface area (Å²) < 4.78 is 0. The summed E-state index contributed by atoms with van der Waals surface area (Å²) in [6, 6.07) is 1.44. The zero-order valence-corrected chi connectivity index (χ0v) is 14.8. The highest BCUT2D eigenvalue weighted by molar-refractivity contribution is 4.98. The molecule has 1 aliphatic rings. The van der Waals surface area contributed by atoms with Crippen molar-refractivity contribution in [2.24, 2.45) is 5.92 Å². The highest BCUT2D eigenvalue weighted by Crippen LogP contribution is 2.28. The van der Waals surface area contributed by atoms with Crippen LogP contribution in [0.15, 0.2) is 0 Å². The Morgan fingerprint density at radius 2 is 1.75 bits per heavy atom. The monoisotopic (exact) mass is 282 g/mol. The van der Waals surface area contributed by atoms with Gasteiger partial charge in [-0.1, -0.05) is 53.9 Å². The van der Waals surface area contributed by atoms with Crippen LogP contribution < -0.4 is 5.32 Å². The average Bonchev–Trinajstić information content (AvgIpc) is 2.46. The summed E-state index contributed by atoms with van der Waals surface area (Å²) in [6.07, 6.45) is 7.95. The fourth-order valence-corrected chi connectivity index (χ4v) is 3.64. The molecular weight excluding hydrogens is 244 g/mol. The third kappa shape index (κ3) is 4.46. The van der Waals surface area contributed by atoms with E-state index < -0.39 is 0 Å². The van der Waals surface area contributed by atoms with Crippen LogP contribution in [0, 0.1) is 5.92 Å². The SMILES string of the molecule is CCCCCC(C)N1CC(CC)(CC)NCC1C(C)C. The summed E-state index contributed by atoms with van der Waals surface area (Å²) in [5.74, 6) is 0.739. The predicted molar refractivity (Wildman–Crippen MR) is 90.3 cm³/mol. The lowest BCUT2D eigenvalue weighted by Crippen LogP contribution is -2.66. The van der Waals surface area contributed by atoms with Gasteiger partial charge in [-0.2, -0.15) is 0 Å². The van der Waals surface area contributed by atoms with Crippen LogP contribution in [-0.4, -0.2) is 35.6 Å². The molecule has 2 unspecified atom stereocenters. The standard InChI is InChI=1S/C18H38N2/c1-7-10-11-12-16(6)20-14-18(8-2,9-3)19-13-17(20)15(4)5/h15-17,19H,7-14H2,1-6H3. The highest BCUT2D eigenvalue weighted by Gasteiger charge is 2.39. The zero-order valence-electron chi connectivity index (χ0n) is 14.8. The molecular formula is C18H38N2. The van der Waals surface area contributed by atoms with Gasteiger partial charge in [0.1, 0.15) is 0 Å². The fourth-order valence-electron chi connectivity index (χ4n) is 3.64. The van der Waals surface area contributed by atoms with Gasteiger partial charge in [0.05, 0.1) is 0 Å². The maximum Gasteiger partial charge on any atom is 0.0304 e. The van der Waals surface area contributed by atoms with Crippen LogP contribution in [0.3, 0.4) is 0 Å². The van der Waals surface area contributed by atoms with E-state index in [-0.39, 0.29) is 0 Å². The Hall–Kier alpha value is -0.0800. The lowest BCUT2D eigenvalue weighted by molar-refractivity contribution is 0.0188. The highest BCUT2D eigenvalue weighted by atomic mass is 15.3. The molecule has 1 aliphatic heterocycles. The summed E-state index contributed by atoms with van der Waals surface area (Å²) in [5.41, 5.74) is 0.352. The number of nitrogens with one attached hydrogen (secondary N) is 1. The summed E-state index contributed by atoms with van der Waals surface area (Å²) in [4.78, 5) is 2.82. The molecule has 1 rings (SSSR count). The molecule has 2 nitrogen and oxygen atoms in total. The van der Waals surface area contributed by atoms with E-state index in [2.05, 4.69) is 51.8 Å². The van der Waals surface area contributed by atoms with Crippen LogP contribution in [0.2, 0.25) is 0 Å². The van der Waals surface area contributed by atoms with Crippen molar-refractivity contribution in [2.75, 3.05) is 13.1 Å². The third-order valence-electron chi connectivity index (χ3n) is 5.51. The fraction of sp³-hybridized carbons (Fsp3) is 1.00. The van der Waals surface area contributed by atoms with Gasteiger partial charge < -0.3 is 5.32 Å². The summed E-state index contributed by atoms with van der Waals surface area (Å²) in [6.45, 7) is 16.6. The van der Waals surface area contributed by atoms with E-state index >= 15 is 0 Å². The Labute approximate surface area is 127 Å². The summed E-state index contributed by atoms with van der Waals surface area (Å²) in [7, 11) is 0. The number of unbranched alkanes of at least 4 members (excludes halogenated alkanes) is 2. The predicted octanol–water partition coefficient (Wildman–Crippen LogP) is 4.44. The first-order valence-electron chi connectivity index (χ1n) is 9.00. The van der Waals surface area contributed by atoms with Crippen molar-refractivity contribution in [1.29, 1.82) is 0 Å². The summed E-state index contributed by atoms with van der Waals surface area (Å²) in [5, 5.41) is 3.87. The molecule has 0 bridgehead atoms. The van der Waals surface area contributed by atoms with Crippen molar-refractivity contribution in [3.05, 3.63) is 0 Å². The first kappa shape index (κ1) is 18.0. The van der Waals surface area contributed by atoms with Gasteiger partial charge in [-0.15, -0.1) is 0 Å². The third-order valence-corrected chi connectivity index (χ3v) is 5.51. The zero-order chi connectivity index (χ0) is 15.2. The van der Waals surface area contributed by atoms with Crippen LogP contribution in [0.1, 0.15) is 80.1 Å². The molecule has 0 aliphatic carbocycles. The van der Waals surface area contributed by atoms with E-state index in [1.54, 1.807) is 0 Å². The van der Waals surface area contributed by atoms with E-state index in [9.17, 15) is 0 Å². The van der Waals surface area contributed by atoms with Gasteiger partial charge in [0.25, 0.3) is 0 Å². The second kappa shape index (κ2) is 8.38. The molecule has 1 saturated heterocycles. The quantitative estimate of drug-likeness (QED) is 0.662. The molecule has 2 heteroatoms. The molecule has 0 aromatic rings. The molecule has 0 amide bonds. The molecule has 2 atom stereocenters. The van der Waals surface area contributed by atoms with Crippen molar-refractivity contribution >= 4 is 0 Å². The minimum Gasteiger partial charge on any atom is -0.308 e. The number of hydrogen-bond donors (Lipinski definition) is 1. The minimum absolute atomic E-state index is 0.352. The molecule has 0 radical (unpaired) electrons. The first-order valence-corrected chi connectivity index (χ1v) is 9.00. The Morgan fingerprint density at radius 3 is 2.25 bits per heavy atom. The molecule has 0 aromatic heterocycles. The van der Waals surface area contributed by atoms with E-state index in [0.717, 1.165) is 18.5 Å². The van der Waals surface area contributed by atoms with Gasteiger partial charge in [-0.05, 0) is 32.1 Å². The number of rotatable bonds is 8. The largest absolute Gasteiger partial charge is 0.308 e. The maximum atomic E-state index is 3.87. The van der Waals surface area contributed by atoms with Gasteiger partial charge >= 0.3 is 0 Å². The van der Waals surface area contributed by atoms with Crippen LogP contribution in [-0.2, 0) is 0 Å². The Morgan fingerprint density at radius 1 is 1.10 bits per heavy atom.